The van der Waals surface area contributed by atoms with Crippen LogP contribution in [0.3, 0.4) is 0 Å². The Morgan fingerprint density at radius 3 is 2.85 bits per heavy atom. The quantitative estimate of drug-likeness (QED) is 0.614. The number of benzene rings is 1. The Bertz CT molecular complexity index is 671. The highest BCUT2D eigenvalue weighted by molar-refractivity contribution is 7.89. The average Bonchev–Trinajstić information content (AvgIpc) is 2.91. The Kier molecular flexibility index (Phi) is 4.35. The summed E-state index contributed by atoms with van der Waals surface area (Å²) in [4.78, 5) is -0.0458. The van der Waals surface area contributed by atoms with Gasteiger partial charge in [0.15, 0.2) is 0 Å². The summed E-state index contributed by atoms with van der Waals surface area (Å²) < 4.78 is 41.0. The molecule has 6 nitrogen and oxygen atoms in total. The van der Waals surface area contributed by atoms with Crippen molar-refractivity contribution in [2.45, 2.75) is 17.9 Å². The number of nitrogen functional groups attached to an aromatic ring is 1. The zero-order valence-corrected chi connectivity index (χ0v) is 11.5. The van der Waals surface area contributed by atoms with Crippen LogP contribution in [0.15, 0.2) is 41.6 Å². The summed E-state index contributed by atoms with van der Waals surface area (Å²) in [5.41, 5.74) is 5.17. The molecule has 1 aromatic carbocycles. The molecule has 2 rings (SSSR count). The van der Waals surface area contributed by atoms with Crippen molar-refractivity contribution in [3.63, 3.8) is 0 Å². The van der Waals surface area contributed by atoms with Crippen molar-refractivity contribution < 1.29 is 12.8 Å². The topological polar surface area (TPSA) is 90.0 Å². The lowest BCUT2D eigenvalue weighted by molar-refractivity contribution is 0.552. The van der Waals surface area contributed by atoms with E-state index >= 15 is 0 Å². The highest BCUT2D eigenvalue weighted by atomic mass is 32.2. The number of anilines is 1. The Morgan fingerprint density at radius 2 is 2.20 bits per heavy atom. The van der Waals surface area contributed by atoms with E-state index in [1.54, 1.807) is 23.1 Å². The van der Waals surface area contributed by atoms with Gasteiger partial charge in [-0.1, -0.05) is 0 Å². The fourth-order valence-corrected chi connectivity index (χ4v) is 2.76. The van der Waals surface area contributed by atoms with E-state index in [1.165, 1.54) is 6.07 Å². The number of nitrogens with zero attached hydrogens (tertiary/aromatic N) is 2. The number of aromatic nitrogens is 2. The molecule has 1 aromatic heterocycles. The fourth-order valence-electron chi connectivity index (χ4n) is 1.65. The van der Waals surface area contributed by atoms with E-state index in [-0.39, 0.29) is 17.1 Å². The molecule has 2 aromatic rings. The lowest BCUT2D eigenvalue weighted by Gasteiger charge is -2.08. The van der Waals surface area contributed by atoms with E-state index in [0.29, 0.717) is 13.0 Å². The van der Waals surface area contributed by atoms with Crippen LogP contribution in [0.1, 0.15) is 6.42 Å². The van der Waals surface area contributed by atoms with Crippen molar-refractivity contribution in [2.75, 3.05) is 12.3 Å². The predicted molar refractivity (Wildman–Crippen MR) is 72.8 cm³/mol. The van der Waals surface area contributed by atoms with Gasteiger partial charge in [-0.15, -0.1) is 0 Å². The Balaban J connectivity index is 1.92. The first-order chi connectivity index (χ1) is 9.49. The van der Waals surface area contributed by atoms with E-state index in [2.05, 4.69) is 9.82 Å². The second-order valence-corrected chi connectivity index (χ2v) is 5.97. The van der Waals surface area contributed by atoms with Gasteiger partial charge in [0.25, 0.3) is 0 Å². The molecule has 0 radical (unpaired) electrons. The lowest BCUT2D eigenvalue weighted by atomic mass is 10.3. The Hall–Kier alpha value is -1.93. The summed E-state index contributed by atoms with van der Waals surface area (Å²) in [5, 5.41) is 4.01. The van der Waals surface area contributed by atoms with Crippen LogP contribution in [-0.4, -0.2) is 24.7 Å². The highest BCUT2D eigenvalue weighted by Crippen LogP contribution is 2.16. The second-order valence-electron chi connectivity index (χ2n) is 4.20. The van der Waals surface area contributed by atoms with Crippen molar-refractivity contribution in [1.82, 2.24) is 14.5 Å². The molecule has 20 heavy (non-hydrogen) atoms. The third-order valence-electron chi connectivity index (χ3n) is 2.69. The summed E-state index contributed by atoms with van der Waals surface area (Å²) >= 11 is 0. The number of hydrogen-bond acceptors (Lipinski definition) is 4. The van der Waals surface area contributed by atoms with Gasteiger partial charge in [0.2, 0.25) is 10.0 Å². The molecular formula is C12H15FN4O2S. The summed E-state index contributed by atoms with van der Waals surface area (Å²) in [5.74, 6) is -0.636. The molecule has 1 heterocycles. The standard InChI is InChI=1S/C12H15FN4O2S/c13-11-4-3-10(9-12(11)14)20(18,19)16-6-2-8-17-7-1-5-15-17/h1,3-5,7,9,16H,2,6,8,14H2. The van der Waals surface area contributed by atoms with Gasteiger partial charge >= 0.3 is 0 Å². The van der Waals surface area contributed by atoms with Gasteiger partial charge in [-0.25, -0.2) is 17.5 Å². The van der Waals surface area contributed by atoms with Crippen LogP contribution < -0.4 is 10.5 Å². The molecule has 108 valence electrons. The summed E-state index contributed by atoms with van der Waals surface area (Å²) in [7, 11) is -3.67. The minimum atomic E-state index is -3.67. The first-order valence-corrected chi connectivity index (χ1v) is 7.49. The molecule has 3 N–H and O–H groups in total. The summed E-state index contributed by atoms with van der Waals surface area (Å²) in [6, 6.07) is 5.12. The third kappa shape index (κ3) is 3.55. The number of nitrogens with two attached hydrogens (primary N) is 1. The molecule has 0 saturated heterocycles. The van der Waals surface area contributed by atoms with Crippen molar-refractivity contribution >= 4 is 15.7 Å². The zero-order chi connectivity index (χ0) is 14.6. The van der Waals surface area contributed by atoms with Crippen molar-refractivity contribution in [3.8, 4) is 0 Å². The maximum atomic E-state index is 13.0. The van der Waals surface area contributed by atoms with Crippen molar-refractivity contribution in [1.29, 1.82) is 0 Å². The molecular weight excluding hydrogens is 283 g/mol. The Morgan fingerprint density at radius 1 is 1.40 bits per heavy atom. The summed E-state index contributed by atoms with van der Waals surface area (Å²) in [6.45, 7) is 0.876. The van der Waals surface area contributed by atoms with Gasteiger partial charge < -0.3 is 5.73 Å². The minimum Gasteiger partial charge on any atom is -0.396 e. The van der Waals surface area contributed by atoms with Gasteiger partial charge in [0.05, 0.1) is 10.6 Å². The number of sulfonamides is 1. The number of aryl methyl sites for hydroxylation is 1. The van der Waals surface area contributed by atoms with Crippen LogP contribution in [-0.2, 0) is 16.6 Å². The van der Waals surface area contributed by atoms with E-state index in [0.717, 1.165) is 12.1 Å². The largest absolute Gasteiger partial charge is 0.396 e. The van der Waals surface area contributed by atoms with Gasteiger partial charge in [-0.2, -0.15) is 5.10 Å². The van der Waals surface area contributed by atoms with Gasteiger partial charge in [0.1, 0.15) is 5.82 Å². The van der Waals surface area contributed by atoms with E-state index < -0.39 is 15.8 Å². The van der Waals surface area contributed by atoms with Crippen LogP contribution in [0.25, 0.3) is 0 Å². The first-order valence-electron chi connectivity index (χ1n) is 6.01. The maximum Gasteiger partial charge on any atom is 0.240 e. The lowest BCUT2D eigenvalue weighted by Crippen LogP contribution is -2.25. The van der Waals surface area contributed by atoms with Crippen molar-refractivity contribution in [2.24, 2.45) is 0 Å². The number of nitrogens with one attached hydrogen (secondary N) is 1. The number of halogens is 1. The predicted octanol–water partition coefficient (Wildman–Crippen LogP) is 0.973. The zero-order valence-electron chi connectivity index (χ0n) is 10.7. The van der Waals surface area contributed by atoms with Crippen LogP contribution in [0, 0.1) is 5.82 Å². The molecule has 0 saturated carbocycles. The normalized spacial score (nSPS) is 11.7. The molecule has 0 unspecified atom stereocenters. The van der Waals surface area contributed by atoms with Crippen molar-refractivity contribution in [3.05, 3.63) is 42.5 Å². The molecule has 8 heteroatoms. The molecule has 0 atom stereocenters. The average molecular weight is 298 g/mol. The van der Waals surface area contributed by atoms with Crippen LogP contribution in [0.5, 0.6) is 0 Å². The smallest absolute Gasteiger partial charge is 0.240 e. The fraction of sp³-hybridized carbons (Fsp3) is 0.250. The van der Waals surface area contributed by atoms with Crippen LogP contribution in [0.4, 0.5) is 10.1 Å². The van der Waals surface area contributed by atoms with E-state index in [9.17, 15) is 12.8 Å². The van der Waals surface area contributed by atoms with Gasteiger partial charge in [-0.05, 0) is 30.7 Å². The summed E-state index contributed by atoms with van der Waals surface area (Å²) in [6.07, 6.45) is 4.05. The molecule has 0 amide bonds. The molecule has 0 bridgehead atoms. The Labute approximate surface area is 116 Å². The van der Waals surface area contributed by atoms with E-state index in [1.807, 2.05) is 0 Å². The SMILES string of the molecule is Nc1cc(S(=O)(=O)NCCCn2cccn2)ccc1F. The maximum absolute atomic E-state index is 13.0. The molecule has 0 spiro atoms. The van der Waals surface area contributed by atoms with Gasteiger partial charge in [0, 0.05) is 25.5 Å². The third-order valence-corrected chi connectivity index (χ3v) is 4.15. The van der Waals surface area contributed by atoms with Crippen LogP contribution in [0.2, 0.25) is 0 Å². The molecule has 0 aliphatic rings. The van der Waals surface area contributed by atoms with Gasteiger partial charge in [-0.3, -0.25) is 4.68 Å². The molecule has 0 fully saturated rings. The van der Waals surface area contributed by atoms with Crippen LogP contribution >= 0.6 is 0 Å². The highest BCUT2D eigenvalue weighted by Gasteiger charge is 2.14. The monoisotopic (exact) mass is 298 g/mol. The second kappa shape index (κ2) is 6.02. The first kappa shape index (κ1) is 14.5. The number of rotatable bonds is 6. The molecule has 0 aliphatic carbocycles. The van der Waals surface area contributed by atoms with E-state index in [4.69, 9.17) is 5.73 Å². The minimum absolute atomic E-state index is 0.0458. The number of hydrogen-bond donors (Lipinski definition) is 2. The molecule has 0 aliphatic heterocycles.